The summed E-state index contributed by atoms with van der Waals surface area (Å²) in [4.78, 5) is 5.06. The fourth-order valence-electron chi connectivity index (χ4n) is 4.79. The molecule has 1 heterocycles. The Kier molecular flexibility index (Phi) is 5.50. The molecule has 0 aliphatic carbocycles. The number of nitrogens with one attached hydrogen (secondary N) is 1. The largest absolute Gasteiger partial charge is 0.347 e. The van der Waals surface area contributed by atoms with Crippen LogP contribution in [0.3, 0.4) is 0 Å². The van der Waals surface area contributed by atoms with Gasteiger partial charge < -0.3 is 5.32 Å². The Morgan fingerprint density at radius 2 is 1.06 bits per heavy atom. The number of hydrogen-bond acceptors (Lipinski definition) is 2. The first kappa shape index (κ1) is 20.8. The molecule has 1 aliphatic heterocycles. The van der Waals surface area contributed by atoms with Gasteiger partial charge in [0.15, 0.2) is 5.29 Å². The van der Waals surface area contributed by atoms with E-state index in [1.165, 1.54) is 0 Å². The van der Waals surface area contributed by atoms with Crippen LogP contribution in [0.1, 0.15) is 28.7 Å². The van der Waals surface area contributed by atoms with Crippen molar-refractivity contribution in [3.8, 4) is 0 Å². The normalized spacial score (nSPS) is 19.6. The molecule has 4 aromatic rings. The van der Waals surface area contributed by atoms with Gasteiger partial charge in [0, 0.05) is 17.0 Å². The SMILES string of the molecule is ClC1=NC(c2ccccc2)(c2ccccc2)CC(c2ccccc2)(c2ccccc2Cl)N1. The molecule has 0 amide bonds. The molecule has 0 fully saturated rings. The summed E-state index contributed by atoms with van der Waals surface area (Å²) < 4.78 is 0. The van der Waals surface area contributed by atoms with Gasteiger partial charge in [0.25, 0.3) is 0 Å². The van der Waals surface area contributed by atoms with Crippen molar-refractivity contribution in [2.24, 2.45) is 4.99 Å². The van der Waals surface area contributed by atoms with Gasteiger partial charge >= 0.3 is 0 Å². The lowest BCUT2D eigenvalue weighted by molar-refractivity contribution is 0.316. The van der Waals surface area contributed by atoms with Gasteiger partial charge in [0.05, 0.1) is 5.54 Å². The van der Waals surface area contributed by atoms with Crippen molar-refractivity contribution in [1.82, 2.24) is 5.32 Å². The highest BCUT2D eigenvalue weighted by atomic mass is 35.5. The number of nitrogens with zero attached hydrogens (tertiary/aromatic N) is 1. The summed E-state index contributed by atoms with van der Waals surface area (Å²) in [7, 11) is 0. The average Bonchev–Trinajstić information content (AvgIpc) is 2.85. The van der Waals surface area contributed by atoms with E-state index in [9.17, 15) is 0 Å². The smallest absolute Gasteiger partial charge is 0.193 e. The maximum atomic E-state index is 6.83. The third-order valence-corrected chi connectivity index (χ3v) is 6.74. The fraction of sp³-hybridized carbons (Fsp3) is 0.107. The zero-order valence-electron chi connectivity index (χ0n) is 17.4. The van der Waals surface area contributed by atoms with Gasteiger partial charge in [-0.2, -0.15) is 0 Å². The van der Waals surface area contributed by atoms with E-state index in [0.717, 1.165) is 22.3 Å². The van der Waals surface area contributed by atoms with E-state index >= 15 is 0 Å². The van der Waals surface area contributed by atoms with E-state index in [-0.39, 0.29) is 0 Å². The molecule has 5 rings (SSSR count). The van der Waals surface area contributed by atoms with Gasteiger partial charge in [-0.1, -0.05) is 121 Å². The summed E-state index contributed by atoms with van der Waals surface area (Å²) in [5, 5.41) is 4.57. The number of halogens is 2. The Morgan fingerprint density at radius 3 is 1.59 bits per heavy atom. The predicted octanol–water partition coefficient (Wildman–Crippen LogP) is 7.12. The highest BCUT2D eigenvalue weighted by Crippen LogP contribution is 2.50. The summed E-state index contributed by atoms with van der Waals surface area (Å²) in [6.45, 7) is 0. The first-order valence-electron chi connectivity index (χ1n) is 10.6. The van der Waals surface area contributed by atoms with Crippen molar-refractivity contribution in [2.45, 2.75) is 17.5 Å². The number of benzene rings is 4. The van der Waals surface area contributed by atoms with Gasteiger partial charge in [-0.25, -0.2) is 4.99 Å². The second kappa shape index (κ2) is 8.46. The van der Waals surface area contributed by atoms with E-state index in [4.69, 9.17) is 28.2 Å². The average molecular weight is 457 g/mol. The van der Waals surface area contributed by atoms with Crippen molar-refractivity contribution in [3.05, 3.63) is 143 Å². The molecule has 158 valence electrons. The van der Waals surface area contributed by atoms with Crippen LogP contribution in [0.2, 0.25) is 5.02 Å². The van der Waals surface area contributed by atoms with Crippen LogP contribution in [0.4, 0.5) is 0 Å². The van der Waals surface area contributed by atoms with Crippen LogP contribution >= 0.6 is 23.2 Å². The highest BCUT2D eigenvalue weighted by Gasteiger charge is 2.50. The van der Waals surface area contributed by atoms with Crippen molar-refractivity contribution < 1.29 is 0 Å². The standard InChI is InChI=1S/C28H22Cl2N2/c29-25-19-11-10-18-24(25)28(23-16-8-3-9-17-23)20-27(31-26(30)32-28,21-12-4-1-5-13-21)22-14-6-2-7-15-22/h1-19H,20H2,(H,31,32). The van der Waals surface area contributed by atoms with E-state index in [1.807, 2.05) is 72.8 Å². The molecule has 32 heavy (non-hydrogen) atoms. The van der Waals surface area contributed by atoms with Crippen LogP contribution in [0, 0.1) is 0 Å². The highest BCUT2D eigenvalue weighted by molar-refractivity contribution is 6.65. The summed E-state index contributed by atoms with van der Waals surface area (Å²) in [6.07, 6.45) is 0.609. The molecule has 1 N–H and O–H groups in total. The summed E-state index contributed by atoms with van der Waals surface area (Å²) in [5.74, 6) is 0. The first-order chi connectivity index (χ1) is 15.6. The minimum Gasteiger partial charge on any atom is -0.347 e. The van der Waals surface area contributed by atoms with Crippen LogP contribution in [0.5, 0.6) is 0 Å². The Hall–Kier alpha value is -3.07. The molecule has 4 heteroatoms. The molecule has 0 saturated heterocycles. The molecule has 1 atom stereocenters. The third-order valence-electron chi connectivity index (χ3n) is 6.23. The zero-order valence-corrected chi connectivity index (χ0v) is 18.9. The minimum atomic E-state index is -0.695. The van der Waals surface area contributed by atoms with Gasteiger partial charge in [-0.15, -0.1) is 0 Å². The lowest BCUT2D eigenvalue weighted by Crippen LogP contribution is -2.54. The van der Waals surface area contributed by atoms with Crippen LogP contribution in [0.25, 0.3) is 0 Å². The van der Waals surface area contributed by atoms with E-state index in [1.54, 1.807) is 0 Å². The molecular weight excluding hydrogens is 435 g/mol. The molecule has 0 saturated carbocycles. The van der Waals surface area contributed by atoms with E-state index in [0.29, 0.717) is 16.7 Å². The monoisotopic (exact) mass is 456 g/mol. The van der Waals surface area contributed by atoms with Crippen LogP contribution in [-0.2, 0) is 11.1 Å². The molecule has 0 radical (unpaired) electrons. The third kappa shape index (κ3) is 3.50. The van der Waals surface area contributed by atoms with E-state index < -0.39 is 11.1 Å². The van der Waals surface area contributed by atoms with Gasteiger partial charge in [-0.05, 0) is 34.4 Å². The fourth-order valence-corrected chi connectivity index (χ4v) is 5.39. The maximum Gasteiger partial charge on any atom is 0.193 e. The first-order valence-corrected chi connectivity index (χ1v) is 11.3. The molecule has 4 aromatic carbocycles. The lowest BCUT2D eigenvalue weighted by Gasteiger charge is -2.47. The molecule has 0 spiro atoms. The van der Waals surface area contributed by atoms with Crippen molar-refractivity contribution in [2.75, 3.05) is 0 Å². The van der Waals surface area contributed by atoms with Gasteiger partial charge in [0.2, 0.25) is 0 Å². The number of hydrogen-bond donors (Lipinski definition) is 1. The Labute approximate surface area is 198 Å². The second-order valence-corrected chi connectivity index (χ2v) is 8.81. The van der Waals surface area contributed by atoms with Crippen LogP contribution < -0.4 is 5.32 Å². The number of amidine groups is 1. The molecular formula is C28H22Cl2N2. The van der Waals surface area contributed by atoms with Crippen molar-refractivity contribution in [3.63, 3.8) is 0 Å². The Bertz CT molecular complexity index is 1200. The molecule has 1 aliphatic rings. The zero-order chi connectivity index (χ0) is 22.0. The van der Waals surface area contributed by atoms with Crippen LogP contribution in [-0.4, -0.2) is 5.29 Å². The second-order valence-electron chi connectivity index (χ2n) is 8.05. The predicted molar refractivity (Wildman–Crippen MR) is 133 cm³/mol. The summed E-state index contributed by atoms with van der Waals surface area (Å²) in [5.41, 5.74) is 2.84. The number of aliphatic imine (C=N–C) groups is 1. The summed E-state index contributed by atoms with van der Waals surface area (Å²) >= 11 is 13.6. The van der Waals surface area contributed by atoms with Gasteiger partial charge in [0.1, 0.15) is 5.54 Å². The van der Waals surface area contributed by atoms with Crippen molar-refractivity contribution >= 4 is 28.5 Å². The molecule has 0 aromatic heterocycles. The number of rotatable bonds is 4. The minimum absolute atomic E-state index is 0.354. The molecule has 1 unspecified atom stereocenters. The van der Waals surface area contributed by atoms with Crippen LogP contribution in [0.15, 0.2) is 120 Å². The Balaban J connectivity index is 1.83. The van der Waals surface area contributed by atoms with Crippen molar-refractivity contribution in [1.29, 1.82) is 0 Å². The van der Waals surface area contributed by atoms with Gasteiger partial charge in [-0.3, -0.25) is 0 Å². The summed E-state index contributed by atoms with van der Waals surface area (Å²) in [6, 6.07) is 39.0. The maximum absolute atomic E-state index is 6.83. The quantitative estimate of drug-likeness (QED) is 0.324. The molecule has 2 nitrogen and oxygen atoms in total. The molecule has 0 bridgehead atoms. The topological polar surface area (TPSA) is 24.4 Å². The Morgan fingerprint density at radius 1 is 0.594 bits per heavy atom. The lowest BCUT2D eigenvalue weighted by atomic mass is 9.68. The van der Waals surface area contributed by atoms with E-state index in [2.05, 4.69) is 47.8 Å².